The van der Waals surface area contributed by atoms with Crippen molar-refractivity contribution in [2.45, 2.75) is 47.6 Å². The normalized spacial score (nSPS) is 17.6. The van der Waals surface area contributed by atoms with E-state index in [0.29, 0.717) is 0 Å². The molecule has 0 bridgehead atoms. The van der Waals surface area contributed by atoms with Crippen LogP contribution in [0.2, 0.25) is 0 Å². The number of carbonyl (C=O) groups is 1. The van der Waals surface area contributed by atoms with Crippen LogP contribution in [0.4, 0.5) is 0 Å². The van der Waals surface area contributed by atoms with Gasteiger partial charge >= 0.3 is 0 Å². The molecule has 2 aliphatic carbocycles. The lowest BCUT2D eigenvalue weighted by Crippen LogP contribution is -2.27. The number of nitrogens with zero attached hydrogens (tertiary/aromatic N) is 1. The van der Waals surface area contributed by atoms with Gasteiger partial charge in [-0.2, -0.15) is 0 Å². The fourth-order valence-electron chi connectivity index (χ4n) is 5.24. The highest BCUT2D eigenvalue weighted by Gasteiger charge is 2.34. The summed E-state index contributed by atoms with van der Waals surface area (Å²) in [4.78, 5) is 15.5. The summed E-state index contributed by atoms with van der Waals surface area (Å²) in [5, 5.41) is 0. The molecule has 0 saturated carbocycles. The number of hydrogen-bond donors (Lipinski definition) is 0. The standard InChI is InChI=1S/C34H35NO/c1-33(2,3)29-21-24(22-30(32(29)36)34(4,5)6)16-15-23-17-19-35(20-18-23)31-27-13-9-7-11-25(27)26-12-8-10-14-28(26)31/h7-22,31H,1-6H3. The summed E-state index contributed by atoms with van der Waals surface area (Å²) in [5.41, 5.74) is 8.87. The van der Waals surface area contributed by atoms with E-state index in [0.717, 1.165) is 22.3 Å². The number of Topliss-reactive ketones (excluding diaryl/α,β-unsaturated/α-hetero) is 1. The Morgan fingerprint density at radius 2 is 1.11 bits per heavy atom. The molecule has 5 rings (SSSR count). The first-order valence-corrected chi connectivity index (χ1v) is 12.8. The van der Waals surface area contributed by atoms with Crippen molar-refractivity contribution in [3.8, 4) is 11.1 Å². The quantitative estimate of drug-likeness (QED) is 0.436. The monoisotopic (exact) mass is 473 g/mol. The lowest BCUT2D eigenvalue weighted by Gasteiger charge is -2.31. The van der Waals surface area contributed by atoms with Gasteiger partial charge in [-0.3, -0.25) is 4.79 Å². The molecule has 2 aromatic rings. The minimum atomic E-state index is -0.201. The number of rotatable bonds is 2. The first-order valence-electron chi connectivity index (χ1n) is 12.8. The Bertz CT molecular complexity index is 1310. The van der Waals surface area contributed by atoms with E-state index in [9.17, 15) is 4.79 Å². The van der Waals surface area contributed by atoms with Gasteiger partial charge in [-0.15, -0.1) is 0 Å². The molecule has 2 heteroatoms. The third-order valence-electron chi connectivity index (χ3n) is 7.17. The van der Waals surface area contributed by atoms with E-state index in [1.165, 1.54) is 22.3 Å². The highest BCUT2D eigenvalue weighted by atomic mass is 16.1. The molecular weight excluding hydrogens is 438 g/mol. The summed E-state index contributed by atoms with van der Waals surface area (Å²) in [6, 6.07) is 17.6. The van der Waals surface area contributed by atoms with Gasteiger partial charge in [0.05, 0.1) is 6.04 Å². The van der Waals surface area contributed by atoms with Crippen LogP contribution in [-0.4, -0.2) is 10.7 Å². The van der Waals surface area contributed by atoms with Crippen LogP contribution in [-0.2, 0) is 4.79 Å². The van der Waals surface area contributed by atoms with E-state index < -0.39 is 0 Å². The molecule has 0 saturated heterocycles. The van der Waals surface area contributed by atoms with Gasteiger partial charge < -0.3 is 4.90 Å². The Balaban J connectivity index is 1.44. The van der Waals surface area contributed by atoms with E-state index in [4.69, 9.17) is 0 Å². The summed E-state index contributed by atoms with van der Waals surface area (Å²) in [6.45, 7) is 12.7. The number of fused-ring (bicyclic) bond motifs is 3. The predicted molar refractivity (Wildman–Crippen MR) is 150 cm³/mol. The number of ketones is 1. The minimum absolute atomic E-state index is 0.171. The largest absolute Gasteiger partial charge is 0.343 e. The average molecular weight is 474 g/mol. The molecular formula is C34H35NO. The van der Waals surface area contributed by atoms with Gasteiger partial charge in [0, 0.05) is 23.5 Å². The number of allylic oxidation sites excluding steroid dienone is 10. The maximum absolute atomic E-state index is 13.2. The average Bonchev–Trinajstić information content (AvgIpc) is 3.17. The van der Waals surface area contributed by atoms with Gasteiger partial charge in [-0.25, -0.2) is 0 Å². The van der Waals surface area contributed by atoms with Crippen molar-refractivity contribution in [1.82, 2.24) is 4.90 Å². The number of benzene rings is 2. The van der Waals surface area contributed by atoms with Gasteiger partial charge in [-0.1, -0.05) is 102 Å². The molecule has 0 spiro atoms. The van der Waals surface area contributed by atoms with E-state index in [1.54, 1.807) is 0 Å². The first-order chi connectivity index (χ1) is 17.0. The van der Waals surface area contributed by atoms with E-state index in [1.807, 2.05) is 0 Å². The van der Waals surface area contributed by atoms with Crippen molar-refractivity contribution in [1.29, 1.82) is 0 Å². The Labute approximate surface area is 215 Å². The second kappa shape index (κ2) is 8.78. The predicted octanol–water partition coefficient (Wildman–Crippen LogP) is 8.48. The topological polar surface area (TPSA) is 20.3 Å². The SMILES string of the molecule is CC(C)(C)C1=CC(=CC=C2C=CN(C3c4ccccc4-c4ccccc43)C=C2)C=C(C(C)(C)C)C1=O. The number of hydrogen-bond acceptors (Lipinski definition) is 2. The van der Waals surface area contributed by atoms with E-state index >= 15 is 0 Å². The maximum atomic E-state index is 13.2. The van der Waals surface area contributed by atoms with Crippen LogP contribution in [0.15, 0.2) is 120 Å². The molecule has 2 aromatic carbocycles. The lowest BCUT2D eigenvalue weighted by molar-refractivity contribution is -0.114. The molecule has 0 unspecified atom stereocenters. The summed E-state index contributed by atoms with van der Waals surface area (Å²) >= 11 is 0. The Kier molecular flexibility index (Phi) is 5.87. The summed E-state index contributed by atoms with van der Waals surface area (Å²) in [7, 11) is 0. The van der Waals surface area contributed by atoms with Crippen LogP contribution < -0.4 is 0 Å². The van der Waals surface area contributed by atoms with Gasteiger partial charge in [0.15, 0.2) is 5.78 Å². The third-order valence-corrected chi connectivity index (χ3v) is 7.17. The van der Waals surface area contributed by atoms with Crippen LogP contribution >= 0.6 is 0 Å². The number of carbonyl (C=O) groups excluding carboxylic acids is 1. The first kappa shape index (κ1) is 24.1. The molecule has 36 heavy (non-hydrogen) atoms. The molecule has 0 aromatic heterocycles. The summed E-state index contributed by atoms with van der Waals surface area (Å²) in [5.74, 6) is 0.171. The Morgan fingerprint density at radius 3 is 1.58 bits per heavy atom. The maximum Gasteiger partial charge on any atom is 0.186 e. The highest BCUT2D eigenvalue weighted by Crippen LogP contribution is 2.47. The third kappa shape index (κ3) is 4.37. The molecule has 0 N–H and O–H groups in total. The van der Waals surface area contributed by atoms with Crippen molar-refractivity contribution >= 4 is 5.78 Å². The molecule has 182 valence electrons. The molecule has 0 atom stereocenters. The second-order valence-electron chi connectivity index (χ2n) is 11.9. The Morgan fingerprint density at radius 1 is 0.667 bits per heavy atom. The second-order valence-corrected chi connectivity index (χ2v) is 11.9. The van der Waals surface area contributed by atoms with Crippen molar-refractivity contribution in [3.63, 3.8) is 0 Å². The lowest BCUT2D eigenvalue weighted by atomic mass is 9.72. The minimum Gasteiger partial charge on any atom is -0.343 e. The molecule has 3 aliphatic rings. The van der Waals surface area contributed by atoms with Crippen molar-refractivity contribution in [2.24, 2.45) is 10.8 Å². The fraction of sp³-hybridized carbons (Fsp3) is 0.265. The van der Waals surface area contributed by atoms with Gasteiger partial charge in [0.1, 0.15) is 0 Å². The van der Waals surface area contributed by atoms with Crippen LogP contribution in [0, 0.1) is 10.8 Å². The smallest absolute Gasteiger partial charge is 0.186 e. The van der Waals surface area contributed by atoms with Crippen LogP contribution in [0.25, 0.3) is 11.1 Å². The van der Waals surface area contributed by atoms with E-state index in [2.05, 4.69) is 144 Å². The van der Waals surface area contributed by atoms with Crippen LogP contribution in [0.1, 0.15) is 58.7 Å². The summed E-state index contributed by atoms with van der Waals surface area (Å²) in [6.07, 6.45) is 17.1. The molecule has 0 fully saturated rings. The Hall–Kier alpha value is -3.65. The molecule has 0 radical (unpaired) electrons. The van der Waals surface area contributed by atoms with Crippen molar-refractivity contribution in [3.05, 3.63) is 131 Å². The van der Waals surface area contributed by atoms with Crippen molar-refractivity contribution in [2.75, 3.05) is 0 Å². The van der Waals surface area contributed by atoms with Crippen LogP contribution in [0.5, 0.6) is 0 Å². The van der Waals surface area contributed by atoms with Crippen LogP contribution in [0.3, 0.4) is 0 Å². The zero-order chi connectivity index (χ0) is 25.7. The molecule has 1 heterocycles. The van der Waals surface area contributed by atoms with Gasteiger partial charge in [0.2, 0.25) is 0 Å². The molecule has 0 amide bonds. The molecule has 1 aliphatic heterocycles. The van der Waals surface area contributed by atoms with Gasteiger partial charge in [0.25, 0.3) is 0 Å². The van der Waals surface area contributed by atoms with Crippen molar-refractivity contribution < 1.29 is 4.79 Å². The highest BCUT2D eigenvalue weighted by molar-refractivity contribution is 6.11. The molecule has 2 nitrogen and oxygen atoms in total. The van der Waals surface area contributed by atoms with Gasteiger partial charge in [-0.05, 0) is 68.5 Å². The summed E-state index contributed by atoms with van der Waals surface area (Å²) < 4.78 is 0. The van der Waals surface area contributed by atoms with E-state index in [-0.39, 0.29) is 22.7 Å². The zero-order valence-electron chi connectivity index (χ0n) is 22.2. The zero-order valence-corrected chi connectivity index (χ0v) is 22.2. The fourth-order valence-corrected chi connectivity index (χ4v) is 5.24.